The molecule has 0 saturated heterocycles. The summed E-state index contributed by atoms with van der Waals surface area (Å²) in [5, 5.41) is 8.87. The summed E-state index contributed by atoms with van der Waals surface area (Å²) in [6.07, 6.45) is 1.82. The van der Waals surface area contributed by atoms with Crippen LogP contribution in [0.15, 0.2) is 42.5 Å². The fraction of sp³-hybridized carbons (Fsp3) is 0.263. The minimum absolute atomic E-state index is 0. The van der Waals surface area contributed by atoms with E-state index in [2.05, 4.69) is 5.48 Å². The van der Waals surface area contributed by atoms with E-state index < -0.39 is 0 Å². The number of benzene rings is 2. The molecule has 2 aromatic rings. The van der Waals surface area contributed by atoms with Crippen LogP contribution in [-0.2, 0) is 0 Å². The molecule has 26 heavy (non-hydrogen) atoms. The van der Waals surface area contributed by atoms with E-state index in [4.69, 9.17) is 24.2 Å². The van der Waals surface area contributed by atoms with Crippen molar-refractivity contribution >= 4 is 5.57 Å². The molecule has 0 fully saturated rings. The first-order chi connectivity index (χ1) is 12.2. The first kappa shape index (κ1) is 23.0. The first-order valence-corrected chi connectivity index (χ1v) is 7.64. The van der Waals surface area contributed by atoms with Crippen molar-refractivity contribution in [3.05, 3.63) is 59.1 Å². The number of methoxy groups -OCH3 is 4. The van der Waals surface area contributed by atoms with Gasteiger partial charge < -0.3 is 29.6 Å². The van der Waals surface area contributed by atoms with E-state index in [0.29, 0.717) is 17.2 Å². The van der Waals surface area contributed by atoms with Gasteiger partial charge in [-0.3, -0.25) is 0 Å². The Morgan fingerprint density at radius 3 is 1.88 bits per heavy atom. The predicted molar refractivity (Wildman–Crippen MR) is 96.2 cm³/mol. The molecule has 0 saturated carbocycles. The quantitative estimate of drug-likeness (QED) is 0.542. The average molecular weight is 383 g/mol. The standard InChI is InChI=1S/C19H22NO5.K/c1-22-15-7-5-13(6-8-15)16(9-10-20-21)14-11-17(23-2)19(25-4)18(12-14)24-3;/h5-9,11-12,21H,10H2,1-4H3;/q-1;+1/b16-9+;. The molecule has 0 aliphatic carbocycles. The summed E-state index contributed by atoms with van der Waals surface area (Å²) in [5.74, 6) is 2.39. The van der Waals surface area contributed by atoms with Crippen molar-refractivity contribution in [2.45, 2.75) is 0 Å². The van der Waals surface area contributed by atoms with Crippen molar-refractivity contribution in [1.29, 1.82) is 0 Å². The molecule has 0 atom stereocenters. The molecule has 6 nitrogen and oxygen atoms in total. The number of hydroxylamine groups is 1. The Kier molecular flexibility index (Phi) is 10.3. The molecule has 2 rings (SSSR count). The number of nitrogens with zero attached hydrogens (tertiary/aromatic N) is 1. The summed E-state index contributed by atoms with van der Waals surface area (Å²) in [6, 6.07) is 11.3. The Labute approximate surface area is 196 Å². The molecule has 1 N–H and O–H groups in total. The maximum absolute atomic E-state index is 8.87. The van der Waals surface area contributed by atoms with E-state index in [-0.39, 0.29) is 57.9 Å². The molecule has 0 heterocycles. The molecule has 7 heteroatoms. The zero-order valence-electron chi connectivity index (χ0n) is 15.8. The van der Waals surface area contributed by atoms with Crippen LogP contribution in [-0.4, -0.2) is 40.2 Å². The Hall–Kier alpha value is -1.06. The molecular weight excluding hydrogens is 361 g/mol. The van der Waals surface area contributed by atoms with Gasteiger partial charge in [-0.2, -0.15) is 0 Å². The van der Waals surface area contributed by atoms with Crippen molar-refractivity contribution in [3.8, 4) is 23.0 Å². The minimum Gasteiger partial charge on any atom is -0.534 e. The van der Waals surface area contributed by atoms with Crippen LogP contribution in [0, 0.1) is 0 Å². The van der Waals surface area contributed by atoms with Crippen LogP contribution in [0.4, 0.5) is 0 Å². The maximum atomic E-state index is 8.87. The fourth-order valence-electron chi connectivity index (χ4n) is 2.54. The molecule has 0 aliphatic rings. The number of rotatable bonds is 8. The van der Waals surface area contributed by atoms with Gasteiger partial charge >= 0.3 is 51.4 Å². The number of hydrogen-bond acceptors (Lipinski definition) is 5. The van der Waals surface area contributed by atoms with Gasteiger partial charge in [0.1, 0.15) is 5.75 Å². The smallest absolute Gasteiger partial charge is 0.534 e. The normalized spacial score (nSPS) is 10.7. The third-order valence-electron chi connectivity index (χ3n) is 3.75. The van der Waals surface area contributed by atoms with Crippen LogP contribution in [0.1, 0.15) is 11.1 Å². The van der Waals surface area contributed by atoms with Crippen LogP contribution in [0.5, 0.6) is 23.0 Å². The van der Waals surface area contributed by atoms with Gasteiger partial charge in [0.2, 0.25) is 5.75 Å². The summed E-state index contributed by atoms with van der Waals surface area (Å²) in [4.78, 5) is 0. The summed E-state index contributed by atoms with van der Waals surface area (Å²) in [7, 11) is 6.32. The van der Waals surface area contributed by atoms with Crippen LogP contribution in [0.2, 0.25) is 0 Å². The van der Waals surface area contributed by atoms with Crippen molar-refractivity contribution in [3.63, 3.8) is 0 Å². The zero-order chi connectivity index (χ0) is 18.2. The number of ether oxygens (including phenoxy) is 4. The Bertz CT molecular complexity index is 706. The molecule has 0 aromatic heterocycles. The summed E-state index contributed by atoms with van der Waals surface area (Å²) >= 11 is 0. The molecule has 0 bridgehead atoms. The second-order valence-electron chi connectivity index (χ2n) is 5.08. The van der Waals surface area contributed by atoms with Crippen LogP contribution >= 0.6 is 0 Å². The fourth-order valence-corrected chi connectivity index (χ4v) is 2.54. The third kappa shape index (κ3) is 5.47. The average Bonchev–Trinajstić information content (AvgIpc) is 2.67. The minimum atomic E-state index is 0. The Morgan fingerprint density at radius 2 is 1.46 bits per heavy atom. The maximum Gasteiger partial charge on any atom is 1.00 e. The van der Waals surface area contributed by atoms with Crippen molar-refractivity contribution in [2.75, 3.05) is 35.0 Å². The summed E-state index contributed by atoms with van der Waals surface area (Å²) < 4.78 is 21.4. The van der Waals surface area contributed by atoms with Crippen molar-refractivity contribution in [2.24, 2.45) is 0 Å². The Morgan fingerprint density at radius 1 is 0.885 bits per heavy atom. The van der Waals surface area contributed by atoms with Crippen molar-refractivity contribution < 1.29 is 75.5 Å². The second-order valence-corrected chi connectivity index (χ2v) is 5.08. The van der Waals surface area contributed by atoms with Gasteiger partial charge in [-0.1, -0.05) is 18.2 Å². The summed E-state index contributed by atoms with van der Waals surface area (Å²) in [6.45, 7) is 0.165. The molecular formula is C19H22KNO5. The molecule has 0 unspecified atom stereocenters. The zero-order valence-corrected chi connectivity index (χ0v) is 18.9. The molecule has 0 spiro atoms. The van der Waals surface area contributed by atoms with Gasteiger partial charge in [0.25, 0.3) is 0 Å². The van der Waals surface area contributed by atoms with Gasteiger partial charge in [0.15, 0.2) is 11.5 Å². The third-order valence-corrected chi connectivity index (χ3v) is 3.75. The van der Waals surface area contributed by atoms with E-state index in [9.17, 15) is 0 Å². The second kappa shape index (κ2) is 11.6. The van der Waals surface area contributed by atoms with Crippen molar-refractivity contribution in [1.82, 2.24) is 0 Å². The van der Waals surface area contributed by atoms with Gasteiger partial charge in [0.05, 0.1) is 28.4 Å². The number of hydrogen-bond donors (Lipinski definition) is 1. The van der Waals surface area contributed by atoms with Crippen LogP contribution in [0.25, 0.3) is 11.1 Å². The van der Waals surface area contributed by atoms with Gasteiger partial charge in [-0.25, -0.2) is 0 Å². The van der Waals surface area contributed by atoms with Gasteiger partial charge in [-0.05, 0) is 41.0 Å². The van der Waals surface area contributed by atoms with Crippen LogP contribution in [0.3, 0.4) is 0 Å². The van der Waals surface area contributed by atoms with E-state index in [1.165, 1.54) is 0 Å². The van der Waals surface area contributed by atoms with E-state index in [0.717, 1.165) is 22.4 Å². The summed E-state index contributed by atoms with van der Waals surface area (Å²) in [5.41, 5.74) is 5.86. The van der Waals surface area contributed by atoms with E-state index >= 15 is 0 Å². The van der Waals surface area contributed by atoms with E-state index in [1.54, 1.807) is 28.4 Å². The monoisotopic (exact) mass is 383 g/mol. The topological polar surface area (TPSA) is 71.3 Å². The molecule has 2 aromatic carbocycles. The molecule has 0 amide bonds. The SMILES string of the molecule is COc1ccc(/C(=C\C[N-]O)c2cc(OC)c(OC)c(OC)c2)cc1.[K+]. The Balaban J connectivity index is 0.00000338. The largest absolute Gasteiger partial charge is 1.00 e. The molecule has 0 radical (unpaired) electrons. The first-order valence-electron chi connectivity index (χ1n) is 7.64. The molecule has 134 valence electrons. The van der Waals surface area contributed by atoms with Crippen LogP contribution < -0.4 is 70.3 Å². The van der Waals surface area contributed by atoms with Gasteiger partial charge in [-0.15, -0.1) is 6.54 Å². The molecule has 0 aliphatic heterocycles. The predicted octanol–water partition coefficient (Wildman–Crippen LogP) is 0.920. The van der Waals surface area contributed by atoms with E-state index in [1.807, 2.05) is 42.5 Å². The van der Waals surface area contributed by atoms with Gasteiger partial charge in [0, 0.05) is 0 Å².